The van der Waals surface area contributed by atoms with Crippen LogP contribution in [0.3, 0.4) is 0 Å². The van der Waals surface area contributed by atoms with Gasteiger partial charge in [0.1, 0.15) is 0 Å². The van der Waals surface area contributed by atoms with Gasteiger partial charge in [-0.25, -0.2) is 4.98 Å². The minimum atomic E-state index is 0.970. The average Bonchev–Trinajstić information content (AvgIpc) is 3.43. The van der Waals surface area contributed by atoms with E-state index in [0.29, 0.717) is 0 Å². The number of fused-ring (bicyclic) bond motifs is 3. The number of nitrogens with zero attached hydrogens (tertiary/aromatic N) is 2. The summed E-state index contributed by atoms with van der Waals surface area (Å²) in [6.45, 7) is 0. The lowest BCUT2D eigenvalue weighted by atomic mass is 9.96. The van der Waals surface area contributed by atoms with Crippen LogP contribution in [0.2, 0.25) is 0 Å². The molecule has 2 nitrogen and oxygen atoms in total. The molecule has 0 spiro atoms. The number of hydrogen-bond donors (Lipinski definition) is 0. The largest absolute Gasteiger partial charge is 0.309 e. The second-order valence-corrected chi connectivity index (χ2v) is 10.9. The van der Waals surface area contributed by atoms with Gasteiger partial charge < -0.3 is 4.57 Å². The zero-order valence-electron chi connectivity index (χ0n) is 23.6. The Hall–Kier alpha value is -5.73. The normalized spacial score (nSPS) is 11.3. The van der Waals surface area contributed by atoms with Crippen LogP contribution in [-0.4, -0.2) is 9.55 Å². The molecule has 2 heterocycles. The first-order valence-corrected chi connectivity index (χ1v) is 14.6. The Bertz CT molecular complexity index is 2100. The molecule has 0 aliphatic rings. The highest BCUT2D eigenvalue weighted by molar-refractivity contribution is 6.09. The van der Waals surface area contributed by atoms with Crippen molar-refractivity contribution in [2.45, 2.75) is 0 Å². The summed E-state index contributed by atoms with van der Waals surface area (Å²) in [6.07, 6.45) is 0. The molecule has 8 aromatic rings. The highest BCUT2D eigenvalue weighted by Gasteiger charge is 2.13. The Morgan fingerprint density at radius 1 is 0.326 bits per heavy atom. The molecule has 0 amide bonds. The van der Waals surface area contributed by atoms with E-state index in [2.05, 4.69) is 162 Å². The van der Waals surface area contributed by atoms with Crippen LogP contribution in [-0.2, 0) is 0 Å². The molecule has 0 atom stereocenters. The van der Waals surface area contributed by atoms with Gasteiger partial charge in [-0.3, -0.25) is 0 Å². The van der Waals surface area contributed by atoms with Gasteiger partial charge in [-0.05, 0) is 64.7 Å². The summed E-state index contributed by atoms with van der Waals surface area (Å²) >= 11 is 0. The molecule has 2 heteroatoms. The second-order valence-electron chi connectivity index (χ2n) is 10.9. The Morgan fingerprint density at radius 2 is 0.791 bits per heavy atom. The monoisotopic (exact) mass is 548 g/mol. The first-order valence-electron chi connectivity index (χ1n) is 14.6. The van der Waals surface area contributed by atoms with Crippen molar-refractivity contribution in [1.82, 2.24) is 9.55 Å². The van der Waals surface area contributed by atoms with Gasteiger partial charge in [-0.1, -0.05) is 127 Å². The van der Waals surface area contributed by atoms with Crippen LogP contribution >= 0.6 is 0 Å². The molecular weight excluding hydrogens is 520 g/mol. The molecule has 43 heavy (non-hydrogen) atoms. The van der Waals surface area contributed by atoms with Crippen LogP contribution in [0.1, 0.15) is 0 Å². The quantitative estimate of drug-likeness (QED) is 0.209. The van der Waals surface area contributed by atoms with Crippen molar-refractivity contribution in [3.63, 3.8) is 0 Å². The van der Waals surface area contributed by atoms with Crippen LogP contribution in [0.25, 0.3) is 72.3 Å². The van der Waals surface area contributed by atoms with Crippen LogP contribution in [0.5, 0.6) is 0 Å². The van der Waals surface area contributed by atoms with E-state index >= 15 is 0 Å². The highest BCUT2D eigenvalue weighted by atomic mass is 15.0. The molecule has 6 aromatic carbocycles. The predicted octanol–water partition coefficient (Wildman–Crippen LogP) is 10.8. The van der Waals surface area contributed by atoms with Crippen LogP contribution < -0.4 is 0 Å². The average molecular weight is 549 g/mol. The minimum Gasteiger partial charge on any atom is -0.309 e. The molecule has 0 bridgehead atoms. The van der Waals surface area contributed by atoms with Crippen molar-refractivity contribution in [1.29, 1.82) is 0 Å². The summed E-state index contributed by atoms with van der Waals surface area (Å²) in [4.78, 5) is 5.05. The Labute approximate surface area is 251 Å². The van der Waals surface area contributed by atoms with Crippen LogP contribution in [0, 0.1) is 0 Å². The molecule has 0 aliphatic carbocycles. The number of benzene rings is 6. The zero-order chi connectivity index (χ0) is 28.6. The van der Waals surface area contributed by atoms with E-state index in [1.165, 1.54) is 38.5 Å². The summed E-state index contributed by atoms with van der Waals surface area (Å²) < 4.78 is 2.36. The van der Waals surface area contributed by atoms with E-state index in [0.717, 1.165) is 33.8 Å². The van der Waals surface area contributed by atoms with Gasteiger partial charge in [0.15, 0.2) is 0 Å². The van der Waals surface area contributed by atoms with Gasteiger partial charge in [-0.2, -0.15) is 0 Å². The molecule has 8 rings (SSSR count). The zero-order valence-corrected chi connectivity index (χ0v) is 23.6. The van der Waals surface area contributed by atoms with Crippen molar-refractivity contribution in [2.75, 3.05) is 0 Å². The molecule has 0 saturated heterocycles. The Kier molecular flexibility index (Phi) is 6.16. The number of hydrogen-bond acceptors (Lipinski definition) is 1. The summed E-state index contributed by atoms with van der Waals surface area (Å²) in [7, 11) is 0. The smallest absolute Gasteiger partial charge is 0.0715 e. The van der Waals surface area contributed by atoms with Crippen molar-refractivity contribution in [2.24, 2.45) is 0 Å². The van der Waals surface area contributed by atoms with Crippen molar-refractivity contribution in [3.8, 4) is 50.5 Å². The minimum absolute atomic E-state index is 0.970. The molecule has 0 N–H and O–H groups in total. The van der Waals surface area contributed by atoms with Crippen LogP contribution in [0.4, 0.5) is 0 Å². The fourth-order valence-corrected chi connectivity index (χ4v) is 6.09. The summed E-state index contributed by atoms with van der Waals surface area (Å²) in [5.41, 5.74) is 12.5. The van der Waals surface area contributed by atoms with Gasteiger partial charge in [0.25, 0.3) is 0 Å². The maximum Gasteiger partial charge on any atom is 0.0715 e. The summed E-state index contributed by atoms with van der Waals surface area (Å²) in [5.74, 6) is 0. The highest BCUT2D eigenvalue weighted by Crippen LogP contribution is 2.34. The van der Waals surface area contributed by atoms with Crippen LogP contribution in [0.15, 0.2) is 170 Å². The molecule has 202 valence electrons. The van der Waals surface area contributed by atoms with E-state index in [1.807, 2.05) is 12.1 Å². The second kappa shape index (κ2) is 10.6. The van der Waals surface area contributed by atoms with Gasteiger partial charge >= 0.3 is 0 Å². The lowest BCUT2D eigenvalue weighted by molar-refractivity contribution is 1.18. The fraction of sp³-hybridized carbons (Fsp3) is 0. The lowest BCUT2D eigenvalue weighted by Gasteiger charge is -2.12. The summed E-state index contributed by atoms with van der Waals surface area (Å²) in [6, 6.07) is 60.3. The van der Waals surface area contributed by atoms with Gasteiger partial charge in [0.05, 0.1) is 22.4 Å². The molecule has 0 aliphatic heterocycles. The van der Waals surface area contributed by atoms with E-state index in [4.69, 9.17) is 4.98 Å². The maximum atomic E-state index is 5.05. The molecule has 0 fully saturated rings. The standard InChI is InChI=1S/C41H28N2/c1-3-12-30(13-4-1)38-27-34(28-39(42-38)31-14-5-2-6-15-31)33-17-11-16-32(26-33)29-22-24-35(25-23-29)43-40-20-9-7-18-36(40)37-19-8-10-21-41(37)43/h1-28H. The maximum absolute atomic E-state index is 5.05. The summed E-state index contributed by atoms with van der Waals surface area (Å²) in [5, 5.41) is 2.55. The van der Waals surface area contributed by atoms with E-state index in [1.54, 1.807) is 0 Å². The third kappa shape index (κ3) is 4.60. The first kappa shape index (κ1) is 25.0. The van der Waals surface area contributed by atoms with E-state index in [9.17, 15) is 0 Å². The van der Waals surface area contributed by atoms with Crippen molar-refractivity contribution < 1.29 is 0 Å². The third-order valence-electron chi connectivity index (χ3n) is 8.20. The van der Waals surface area contributed by atoms with Crippen molar-refractivity contribution in [3.05, 3.63) is 170 Å². The molecule has 2 aromatic heterocycles. The number of aromatic nitrogens is 2. The molecular formula is C41H28N2. The van der Waals surface area contributed by atoms with Crippen molar-refractivity contribution >= 4 is 21.8 Å². The van der Waals surface area contributed by atoms with Gasteiger partial charge in [-0.15, -0.1) is 0 Å². The molecule has 0 saturated carbocycles. The number of rotatable bonds is 5. The third-order valence-corrected chi connectivity index (χ3v) is 8.20. The Balaban J connectivity index is 1.20. The molecule has 0 radical (unpaired) electrons. The van der Waals surface area contributed by atoms with E-state index < -0.39 is 0 Å². The first-order chi connectivity index (χ1) is 21.3. The van der Waals surface area contributed by atoms with Gasteiger partial charge in [0, 0.05) is 27.6 Å². The fourth-order valence-electron chi connectivity index (χ4n) is 6.09. The number of pyridine rings is 1. The molecule has 0 unspecified atom stereocenters. The number of para-hydroxylation sites is 2. The predicted molar refractivity (Wildman–Crippen MR) is 180 cm³/mol. The SMILES string of the molecule is c1ccc(-c2cc(-c3cccc(-c4ccc(-n5c6ccccc6c6ccccc65)cc4)c3)cc(-c3ccccc3)n2)cc1. The topological polar surface area (TPSA) is 17.8 Å². The lowest BCUT2D eigenvalue weighted by Crippen LogP contribution is -1.93. The Morgan fingerprint density at radius 3 is 1.35 bits per heavy atom. The van der Waals surface area contributed by atoms with E-state index in [-0.39, 0.29) is 0 Å². The van der Waals surface area contributed by atoms with Gasteiger partial charge in [0.2, 0.25) is 0 Å².